The summed E-state index contributed by atoms with van der Waals surface area (Å²) in [5, 5.41) is 19.2. The quantitative estimate of drug-likeness (QED) is 0.703. The predicted octanol–water partition coefficient (Wildman–Crippen LogP) is -0.245. The van der Waals surface area contributed by atoms with Crippen LogP contribution >= 0.6 is 0 Å². The monoisotopic (exact) mass is 191 g/mol. The summed E-state index contributed by atoms with van der Waals surface area (Å²) in [6, 6.07) is 2.98. The highest BCUT2D eigenvalue weighted by Gasteiger charge is 2.12. The van der Waals surface area contributed by atoms with Gasteiger partial charge in [-0.25, -0.2) is 9.78 Å². The van der Waals surface area contributed by atoms with Gasteiger partial charge in [0.1, 0.15) is 11.9 Å². The van der Waals surface area contributed by atoms with E-state index in [1.54, 1.807) is 0 Å². The highest BCUT2D eigenvalue weighted by Crippen LogP contribution is 2.08. The Bertz CT molecular complexity index is 453. The minimum Gasteiger partial charge on any atom is -0.478 e. The predicted molar refractivity (Wildman–Crippen MR) is 43.9 cm³/mol. The molecule has 14 heavy (non-hydrogen) atoms. The van der Waals surface area contributed by atoms with Crippen molar-refractivity contribution in [3.63, 3.8) is 0 Å². The summed E-state index contributed by atoms with van der Waals surface area (Å²) in [5.41, 5.74) is 0.0554. The van der Waals surface area contributed by atoms with Gasteiger partial charge in [0, 0.05) is 6.20 Å². The maximum atomic E-state index is 10.8. The Morgan fingerprint density at radius 3 is 3.00 bits per heavy atom. The Hall–Kier alpha value is -2.31. The number of aromatic carboxylic acids is 1. The standard InChI is InChI=1S/C7H5N5O2/c13-7(14)5-2-1-3-8-6(5)12-4-9-10-11-12/h1-4H,(H,13,14). The van der Waals surface area contributed by atoms with Crippen LogP contribution in [-0.4, -0.2) is 36.3 Å². The zero-order valence-corrected chi connectivity index (χ0v) is 6.90. The third-order valence-electron chi connectivity index (χ3n) is 1.58. The van der Waals surface area contributed by atoms with Crippen LogP contribution in [-0.2, 0) is 0 Å². The van der Waals surface area contributed by atoms with E-state index in [9.17, 15) is 4.79 Å². The van der Waals surface area contributed by atoms with Crippen LogP contribution in [0.1, 0.15) is 10.4 Å². The molecule has 0 aliphatic heterocycles. The Labute approximate surface area is 78.0 Å². The summed E-state index contributed by atoms with van der Waals surface area (Å²) in [7, 11) is 0. The molecule has 1 N–H and O–H groups in total. The summed E-state index contributed by atoms with van der Waals surface area (Å²) in [6.07, 6.45) is 2.76. The van der Waals surface area contributed by atoms with E-state index < -0.39 is 5.97 Å². The van der Waals surface area contributed by atoms with Gasteiger partial charge in [-0.05, 0) is 22.6 Å². The van der Waals surface area contributed by atoms with E-state index >= 15 is 0 Å². The molecule has 0 bridgehead atoms. The van der Waals surface area contributed by atoms with Crippen molar-refractivity contribution in [3.8, 4) is 5.82 Å². The van der Waals surface area contributed by atoms with E-state index in [4.69, 9.17) is 5.11 Å². The molecule has 0 aliphatic rings. The number of aromatic nitrogens is 5. The maximum Gasteiger partial charge on any atom is 0.339 e. The highest BCUT2D eigenvalue weighted by molar-refractivity contribution is 5.90. The lowest BCUT2D eigenvalue weighted by atomic mass is 10.2. The lowest BCUT2D eigenvalue weighted by Crippen LogP contribution is -2.07. The lowest BCUT2D eigenvalue weighted by molar-refractivity contribution is 0.0696. The fourth-order valence-electron chi connectivity index (χ4n) is 1.00. The van der Waals surface area contributed by atoms with E-state index in [0.717, 1.165) is 0 Å². The molecule has 0 amide bonds. The molecule has 0 fully saturated rings. The highest BCUT2D eigenvalue weighted by atomic mass is 16.4. The van der Waals surface area contributed by atoms with Crippen LogP contribution in [0.3, 0.4) is 0 Å². The molecule has 0 atom stereocenters. The van der Waals surface area contributed by atoms with Gasteiger partial charge in [0.05, 0.1) is 0 Å². The summed E-state index contributed by atoms with van der Waals surface area (Å²) < 4.78 is 1.20. The number of hydrogen-bond donors (Lipinski definition) is 1. The van der Waals surface area contributed by atoms with Crippen molar-refractivity contribution >= 4 is 5.97 Å². The summed E-state index contributed by atoms with van der Waals surface area (Å²) in [4.78, 5) is 14.7. The van der Waals surface area contributed by atoms with Crippen LogP contribution in [0.2, 0.25) is 0 Å². The largest absolute Gasteiger partial charge is 0.478 e. The van der Waals surface area contributed by atoms with Crippen molar-refractivity contribution in [2.75, 3.05) is 0 Å². The molecule has 2 heterocycles. The number of rotatable bonds is 2. The summed E-state index contributed by atoms with van der Waals surface area (Å²) >= 11 is 0. The number of nitrogens with zero attached hydrogens (tertiary/aromatic N) is 5. The third-order valence-corrected chi connectivity index (χ3v) is 1.58. The van der Waals surface area contributed by atoms with Gasteiger partial charge in [-0.3, -0.25) is 0 Å². The minimum atomic E-state index is -1.07. The topological polar surface area (TPSA) is 93.8 Å². The Morgan fingerprint density at radius 2 is 2.36 bits per heavy atom. The van der Waals surface area contributed by atoms with Crippen molar-refractivity contribution in [2.45, 2.75) is 0 Å². The Morgan fingerprint density at radius 1 is 1.50 bits per heavy atom. The summed E-state index contributed by atoms with van der Waals surface area (Å²) in [5.74, 6) is -0.867. The molecule has 2 rings (SSSR count). The van der Waals surface area contributed by atoms with E-state index in [1.165, 1.54) is 29.3 Å². The Kier molecular flexibility index (Phi) is 1.90. The van der Waals surface area contributed by atoms with E-state index in [-0.39, 0.29) is 11.4 Å². The van der Waals surface area contributed by atoms with E-state index in [0.29, 0.717) is 0 Å². The second kappa shape index (κ2) is 3.21. The number of carboxylic acid groups (broad SMARTS) is 1. The Balaban J connectivity index is 2.58. The molecular weight excluding hydrogens is 186 g/mol. The minimum absolute atomic E-state index is 0.0554. The van der Waals surface area contributed by atoms with E-state index in [2.05, 4.69) is 20.5 Å². The van der Waals surface area contributed by atoms with Gasteiger partial charge in [-0.1, -0.05) is 0 Å². The second-order valence-electron chi connectivity index (χ2n) is 2.43. The van der Waals surface area contributed by atoms with Gasteiger partial charge in [0.15, 0.2) is 5.82 Å². The molecule has 70 valence electrons. The van der Waals surface area contributed by atoms with Crippen LogP contribution in [0.25, 0.3) is 5.82 Å². The number of carbonyl (C=O) groups is 1. The van der Waals surface area contributed by atoms with Crippen molar-refractivity contribution in [3.05, 3.63) is 30.2 Å². The van der Waals surface area contributed by atoms with Crippen molar-refractivity contribution in [1.82, 2.24) is 25.2 Å². The number of tetrazole rings is 1. The molecule has 2 aromatic heterocycles. The number of carboxylic acids is 1. The lowest BCUT2D eigenvalue weighted by Gasteiger charge is -2.01. The maximum absolute atomic E-state index is 10.8. The first-order chi connectivity index (χ1) is 6.79. The van der Waals surface area contributed by atoms with Crippen molar-refractivity contribution in [1.29, 1.82) is 0 Å². The first-order valence-corrected chi connectivity index (χ1v) is 3.70. The zero-order chi connectivity index (χ0) is 9.97. The van der Waals surface area contributed by atoms with Gasteiger partial charge in [0.2, 0.25) is 0 Å². The van der Waals surface area contributed by atoms with Gasteiger partial charge < -0.3 is 5.11 Å². The fourth-order valence-corrected chi connectivity index (χ4v) is 1.00. The molecule has 0 aromatic carbocycles. The average molecular weight is 191 g/mol. The molecule has 7 heteroatoms. The molecule has 0 radical (unpaired) electrons. The number of pyridine rings is 1. The van der Waals surface area contributed by atoms with Gasteiger partial charge in [-0.15, -0.1) is 5.10 Å². The fraction of sp³-hybridized carbons (Fsp3) is 0. The van der Waals surface area contributed by atoms with Crippen LogP contribution in [0.4, 0.5) is 0 Å². The molecule has 0 aliphatic carbocycles. The molecule has 0 saturated heterocycles. The van der Waals surface area contributed by atoms with E-state index in [1.807, 2.05) is 0 Å². The van der Waals surface area contributed by atoms with Crippen molar-refractivity contribution < 1.29 is 9.90 Å². The normalized spacial score (nSPS) is 10.0. The van der Waals surface area contributed by atoms with Gasteiger partial charge >= 0.3 is 5.97 Å². The van der Waals surface area contributed by atoms with Crippen LogP contribution in [0, 0.1) is 0 Å². The zero-order valence-electron chi connectivity index (χ0n) is 6.90. The molecule has 2 aromatic rings. The molecule has 0 spiro atoms. The van der Waals surface area contributed by atoms with Crippen LogP contribution < -0.4 is 0 Å². The third kappa shape index (κ3) is 1.30. The van der Waals surface area contributed by atoms with Crippen LogP contribution in [0.5, 0.6) is 0 Å². The molecular formula is C7H5N5O2. The molecule has 7 nitrogen and oxygen atoms in total. The first kappa shape index (κ1) is 8.30. The van der Waals surface area contributed by atoms with Crippen LogP contribution in [0.15, 0.2) is 24.7 Å². The van der Waals surface area contributed by atoms with Crippen molar-refractivity contribution in [2.24, 2.45) is 0 Å². The average Bonchev–Trinajstić information content (AvgIpc) is 2.70. The smallest absolute Gasteiger partial charge is 0.339 e. The first-order valence-electron chi connectivity index (χ1n) is 3.70. The van der Waals surface area contributed by atoms with Gasteiger partial charge in [-0.2, -0.15) is 4.68 Å². The molecule has 0 saturated carbocycles. The summed E-state index contributed by atoms with van der Waals surface area (Å²) in [6.45, 7) is 0. The number of hydrogen-bond acceptors (Lipinski definition) is 5. The van der Waals surface area contributed by atoms with Gasteiger partial charge in [0.25, 0.3) is 0 Å². The second-order valence-corrected chi connectivity index (χ2v) is 2.43. The SMILES string of the molecule is O=C(O)c1cccnc1-n1cnnn1. The molecule has 0 unspecified atom stereocenters.